The van der Waals surface area contributed by atoms with E-state index in [1.807, 2.05) is 0 Å². The van der Waals surface area contributed by atoms with Crippen LogP contribution in [0, 0.1) is 0 Å². The summed E-state index contributed by atoms with van der Waals surface area (Å²) < 4.78 is 25.8. The third-order valence-electron chi connectivity index (χ3n) is 2.17. The fourth-order valence-corrected chi connectivity index (χ4v) is 1.78. The number of nitrogen functional groups attached to an aromatic ring is 1. The first-order chi connectivity index (χ1) is 10.2. The number of rotatable bonds is 5. The van der Waals surface area contributed by atoms with E-state index in [9.17, 15) is 4.57 Å². The maximum absolute atomic E-state index is 10.6. The average Bonchev–Trinajstić information content (AvgIpc) is 2.78. The minimum absolute atomic E-state index is 0.139. The molecule has 2 rings (SSSR count). The quantitative estimate of drug-likeness (QED) is 0.333. The Balaban J connectivity index is 0.000000541. The number of hydrogen-bond acceptors (Lipinski definition) is 7. The molecule has 122 valence electrons. The molecule has 0 bridgehead atoms. The third kappa shape index (κ3) is 6.50. The zero-order valence-electron chi connectivity index (χ0n) is 11.1. The monoisotopic (exact) mass is 354 g/mol. The second-order valence-corrected chi connectivity index (χ2v) is 5.92. The van der Waals surface area contributed by atoms with Crippen molar-refractivity contribution in [2.45, 2.75) is 6.54 Å². The maximum atomic E-state index is 10.6. The molecule has 0 amide bonds. The molecule has 0 spiro atoms. The molecule has 22 heavy (non-hydrogen) atoms. The number of nitrogens with two attached hydrogens (primary N) is 1. The van der Waals surface area contributed by atoms with Crippen LogP contribution in [0.3, 0.4) is 0 Å². The fourth-order valence-electron chi connectivity index (χ4n) is 1.41. The van der Waals surface area contributed by atoms with Gasteiger partial charge in [-0.1, -0.05) is 0 Å². The van der Waals surface area contributed by atoms with Crippen molar-refractivity contribution < 1.29 is 33.4 Å². The Morgan fingerprint density at radius 3 is 2.55 bits per heavy atom. The number of nitrogens with zero attached hydrogens (tertiary/aromatic N) is 4. The summed E-state index contributed by atoms with van der Waals surface area (Å²) in [5.74, 6) is 0.287. The number of imidazole rings is 1. The van der Waals surface area contributed by atoms with Gasteiger partial charge in [0.15, 0.2) is 11.5 Å². The fraction of sp³-hybridized carbons (Fsp3) is 0.375. The first-order valence-electron chi connectivity index (χ1n) is 5.59. The van der Waals surface area contributed by atoms with E-state index >= 15 is 0 Å². The summed E-state index contributed by atoms with van der Waals surface area (Å²) in [5.41, 5.74) is 6.67. The van der Waals surface area contributed by atoms with Crippen LogP contribution < -0.4 is 5.73 Å². The minimum Gasteiger partial charge on any atom is -0.382 e. The first kappa shape index (κ1) is 18.5. The molecule has 0 aliphatic carbocycles. The van der Waals surface area contributed by atoms with Crippen LogP contribution in [0.25, 0.3) is 11.2 Å². The Kier molecular flexibility index (Phi) is 6.91. The van der Waals surface area contributed by atoms with Gasteiger partial charge in [0, 0.05) is 11.1 Å². The Labute approximate surface area is 124 Å². The van der Waals surface area contributed by atoms with E-state index in [1.165, 1.54) is 12.7 Å². The van der Waals surface area contributed by atoms with Crippen molar-refractivity contribution in [1.29, 1.82) is 0 Å². The molecular formula is C8H14N5O7P2+. The van der Waals surface area contributed by atoms with Crippen LogP contribution in [0.15, 0.2) is 12.7 Å². The van der Waals surface area contributed by atoms with Gasteiger partial charge in [-0.25, -0.2) is 15.0 Å². The van der Waals surface area contributed by atoms with Crippen LogP contribution in [-0.2, 0) is 20.4 Å². The molecule has 0 atom stereocenters. The van der Waals surface area contributed by atoms with Gasteiger partial charge in [-0.2, -0.15) is 0 Å². The topological polar surface area (TPSA) is 194 Å². The Morgan fingerprint density at radius 2 is 1.95 bits per heavy atom. The van der Waals surface area contributed by atoms with Gasteiger partial charge in [0.05, 0.1) is 12.9 Å². The highest BCUT2D eigenvalue weighted by Gasteiger charge is 2.13. The SMILES string of the molecule is Nc1ncnc2c1ncn2CCOCP(=O)(O)O.O=[P+](O)O. The Morgan fingerprint density at radius 1 is 1.32 bits per heavy atom. The zero-order chi connectivity index (χ0) is 16.8. The van der Waals surface area contributed by atoms with Crippen LogP contribution in [0.2, 0.25) is 0 Å². The number of ether oxygens (including phenoxy) is 1. The van der Waals surface area contributed by atoms with Crippen molar-refractivity contribution in [3.63, 3.8) is 0 Å². The summed E-state index contributed by atoms with van der Waals surface area (Å²) in [6.07, 6.45) is 2.25. The Hall–Kier alpha value is -1.52. The van der Waals surface area contributed by atoms with Crippen molar-refractivity contribution >= 4 is 32.8 Å². The molecule has 2 heterocycles. The molecule has 14 heteroatoms. The number of aromatic nitrogens is 4. The highest BCUT2D eigenvalue weighted by Crippen LogP contribution is 2.33. The second-order valence-electron chi connectivity index (χ2n) is 3.82. The van der Waals surface area contributed by atoms with E-state index in [-0.39, 0.29) is 12.4 Å². The molecule has 0 saturated heterocycles. The molecule has 0 aliphatic heterocycles. The summed E-state index contributed by atoms with van der Waals surface area (Å²) in [5, 5.41) is 0. The lowest BCUT2D eigenvalue weighted by Crippen LogP contribution is -2.07. The molecule has 0 radical (unpaired) electrons. The molecule has 6 N–H and O–H groups in total. The van der Waals surface area contributed by atoms with Crippen LogP contribution in [0.4, 0.5) is 5.82 Å². The van der Waals surface area contributed by atoms with Crippen molar-refractivity contribution in [1.82, 2.24) is 19.5 Å². The zero-order valence-corrected chi connectivity index (χ0v) is 12.8. The largest absolute Gasteiger partial charge is 0.692 e. The van der Waals surface area contributed by atoms with Gasteiger partial charge < -0.3 is 24.8 Å². The van der Waals surface area contributed by atoms with E-state index in [0.717, 1.165) is 0 Å². The van der Waals surface area contributed by atoms with E-state index in [2.05, 4.69) is 15.0 Å². The maximum Gasteiger partial charge on any atom is 0.692 e. The van der Waals surface area contributed by atoms with Gasteiger partial charge in [-0.3, -0.25) is 4.57 Å². The minimum atomic E-state index is -4.12. The predicted molar refractivity (Wildman–Crippen MR) is 74.6 cm³/mol. The molecule has 12 nitrogen and oxygen atoms in total. The first-order valence-corrected chi connectivity index (χ1v) is 8.55. The van der Waals surface area contributed by atoms with Crippen molar-refractivity contribution in [2.24, 2.45) is 0 Å². The van der Waals surface area contributed by atoms with Crippen LogP contribution in [0.1, 0.15) is 0 Å². The second kappa shape index (κ2) is 8.20. The van der Waals surface area contributed by atoms with Gasteiger partial charge >= 0.3 is 15.9 Å². The summed E-state index contributed by atoms with van der Waals surface area (Å²) in [6, 6.07) is 0. The van der Waals surface area contributed by atoms with Crippen LogP contribution in [0.5, 0.6) is 0 Å². The lowest BCUT2D eigenvalue weighted by molar-refractivity contribution is 0.149. The molecule has 0 unspecified atom stereocenters. The Bertz CT molecular complexity index is 683. The van der Waals surface area contributed by atoms with Gasteiger partial charge in [-0.05, 0) is 0 Å². The number of hydrogen-bond donors (Lipinski definition) is 5. The molecule has 2 aromatic rings. The van der Waals surface area contributed by atoms with E-state index in [1.54, 1.807) is 4.57 Å². The van der Waals surface area contributed by atoms with Crippen molar-refractivity contribution in [3.8, 4) is 0 Å². The molecule has 0 aromatic carbocycles. The standard InChI is InChI=1S/C8H12N5O4P.HO3P/c9-7-6-8(11-3-10-7)13(4-12-6)1-2-17-5-18(14,15)16;1-4(2)3/h3-4H,1-2,5H2,(H2,9,10,11)(H2,14,15,16);(H-,1,2,3)/p+1. The normalized spacial score (nSPS) is 11.1. The predicted octanol–water partition coefficient (Wildman–Crippen LogP) is -0.811. The highest BCUT2D eigenvalue weighted by molar-refractivity contribution is 7.51. The highest BCUT2D eigenvalue weighted by atomic mass is 31.2. The summed E-state index contributed by atoms with van der Waals surface area (Å²) in [4.78, 5) is 43.4. The lowest BCUT2D eigenvalue weighted by Gasteiger charge is -2.06. The summed E-state index contributed by atoms with van der Waals surface area (Å²) in [6.45, 7) is 0.507. The lowest BCUT2D eigenvalue weighted by atomic mass is 10.5. The third-order valence-corrected chi connectivity index (χ3v) is 2.68. The molecule has 0 saturated carbocycles. The van der Waals surface area contributed by atoms with Gasteiger partial charge in [-0.15, -0.1) is 9.79 Å². The van der Waals surface area contributed by atoms with Crippen molar-refractivity contribution in [3.05, 3.63) is 12.7 Å². The molecule has 0 fully saturated rings. The number of fused-ring (bicyclic) bond motifs is 1. The molecule has 0 aliphatic rings. The van der Waals surface area contributed by atoms with Crippen LogP contribution >= 0.6 is 15.9 Å². The van der Waals surface area contributed by atoms with E-state index in [0.29, 0.717) is 17.7 Å². The van der Waals surface area contributed by atoms with E-state index < -0.39 is 22.2 Å². The number of anilines is 1. The van der Waals surface area contributed by atoms with E-state index in [4.69, 9.17) is 34.6 Å². The molecule has 2 aromatic heterocycles. The smallest absolute Gasteiger partial charge is 0.382 e. The van der Waals surface area contributed by atoms with Gasteiger partial charge in [0.25, 0.3) is 0 Å². The van der Waals surface area contributed by atoms with Crippen LogP contribution in [-0.4, -0.2) is 52.0 Å². The average molecular weight is 354 g/mol. The van der Waals surface area contributed by atoms with Gasteiger partial charge in [0.2, 0.25) is 0 Å². The summed E-state index contributed by atoms with van der Waals surface area (Å²) in [7, 11) is -6.99. The van der Waals surface area contributed by atoms with Crippen molar-refractivity contribution in [2.75, 3.05) is 18.7 Å². The van der Waals surface area contributed by atoms with Gasteiger partial charge in [0.1, 0.15) is 18.2 Å². The summed E-state index contributed by atoms with van der Waals surface area (Å²) >= 11 is 0. The molecular weight excluding hydrogens is 340 g/mol.